The second kappa shape index (κ2) is 8.27. The molecule has 5 nitrogen and oxygen atoms in total. The van der Waals surface area contributed by atoms with Crippen LogP contribution < -0.4 is 16.4 Å². The van der Waals surface area contributed by atoms with Crippen molar-refractivity contribution >= 4 is 28.3 Å². The van der Waals surface area contributed by atoms with Gasteiger partial charge in [-0.3, -0.25) is 9.59 Å². The van der Waals surface area contributed by atoms with Crippen LogP contribution in [0.3, 0.4) is 0 Å². The van der Waals surface area contributed by atoms with E-state index >= 15 is 0 Å². The lowest BCUT2D eigenvalue weighted by atomic mass is 10.0. The minimum absolute atomic E-state index is 0.0918. The van der Waals surface area contributed by atoms with Crippen LogP contribution in [-0.4, -0.2) is 24.4 Å². The summed E-state index contributed by atoms with van der Waals surface area (Å²) in [5.74, 6) is -0.495. The van der Waals surface area contributed by atoms with Crippen LogP contribution >= 0.6 is 0 Å². The fourth-order valence-corrected chi connectivity index (χ4v) is 2.82. The van der Waals surface area contributed by atoms with Crippen LogP contribution in [0.1, 0.15) is 5.56 Å². The van der Waals surface area contributed by atoms with Gasteiger partial charge in [0.1, 0.15) is 6.04 Å². The minimum atomic E-state index is -0.655. The van der Waals surface area contributed by atoms with E-state index in [9.17, 15) is 9.59 Å². The Morgan fingerprint density at radius 1 is 0.885 bits per heavy atom. The molecule has 0 aliphatic heterocycles. The monoisotopic (exact) mass is 348 g/mol. The van der Waals surface area contributed by atoms with Crippen molar-refractivity contribution in [1.82, 2.24) is 5.32 Å². The molecule has 3 aromatic carbocycles. The van der Waals surface area contributed by atoms with Crippen molar-refractivity contribution in [3.05, 3.63) is 78.4 Å². The maximum atomic E-state index is 12.8. The van der Waals surface area contributed by atoms with Crippen molar-refractivity contribution in [1.29, 1.82) is 0 Å². The van der Waals surface area contributed by atoms with Crippen molar-refractivity contribution in [2.24, 2.45) is 0 Å². The van der Waals surface area contributed by atoms with Crippen LogP contribution in [0, 0.1) is 0 Å². The van der Waals surface area contributed by atoms with Crippen molar-refractivity contribution in [2.75, 3.05) is 11.9 Å². The fourth-order valence-electron chi connectivity index (χ4n) is 2.82. The van der Waals surface area contributed by atoms with Gasteiger partial charge in [-0.25, -0.2) is 0 Å². The highest BCUT2D eigenvalue weighted by Crippen LogP contribution is 2.19. The molecule has 0 fully saturated rings. The molecule has 0 spiro atoms. The first-order valence-electron chi connectivity index (χ1n) is 8.58. The standard InChI is InChI=1S/C21H21N3O2/c22-14-20(25)24-19(12-15-6-2-1-3-7-15)21(26)23-18-11-10-16-8-4-5-9-17(16)13-18/h1-11,13,19H,12,14,22H2,(H,23,26)(H,24,25)/p+1/t19-/m0/s1. The quantitative estimate of drug-likeness (QED) is 0.634. The molecular weight excluding hydrogens is 326 g/mol. The summed E-state index contributed by atoms with van der Waals surface area (Å²) >= 11 is 0. The molecular formula is C21H22N3O2+. The van der Waals surface area contributed by atoms with Gasteiger partial charge in [-0.2, -0.15) is 0 Å². The first-order valence-corrected chi connectivity index (χ1v) is 8.58. The Morgan fingerprint density at radius 2 is 1.58 bits per heavy atom. The maximum absolute atomic E-state index is 12.8. The first kappa shape index (κ1) is 17.6. The number of benzene rings is 3. The highest BCUT2D eigenvalue weighted by Gasteiger charge is 2.21. The van der Waals surface area contributed by atoms with Gasteiger partial charge in [0, 0.05) is 12.1 Å². The molecule has 0 aliphatic carbocycles. The molecule has 0 aliphatic rings. The number of amides is 2. The van der Waals surface area contributed by atoms with E-state index in [1.807, 2.05) is 72.8 Å². The number of rotatable bonds is 6. The van der Waals surface area contributed by atoms with E-state index in [0.717, 1.165) is 16.3 Å². The first-order chi connectivity index (χ1) is 12.7. The lowest BCUT2D eigenvalue weighted by Crippen LogP contribution is -2.59. The molecule has 3 aromatic rings. The number of hydrogen-bond donors (Lipinski definition) is 3. The summed E-state index contributed by atoms with van der Waals surface area (Å²) in [6, 6.07) is 22.7. The largest absolute Gasteiger partial charge is 0.350 e. The third-order valence-corrected chi connectivity index (χ3v) is 4.18. The molecule has 0 saturated heterocycles. The van der Waals surface area contributed by atoms with E-state index in [0.29, 0.717) is 12.1 Å². The lowest BCUT2D eigenvalue weighted by Gasteiger charge is -2.18. The Labute approximate surface area is 152 Å². The van der Waals surface area contributed by atoms with Crippen LogP contribution in [0.5, 0.6) is 0 Å². The van der Waals surface area contributed by atoms with Crippen molar-refractivity contribution in [2.45, 2.75) is 12.5 Å². The molecule has 3 rings (SSSR count). The highest BCUT2D eigenvalue weighted by molar-refractivity contribution is 5.99. The summed E-state index contributed by atoms with van der Waals surface area (Å²) in [5, 5.41) is 7.82. The summed E-state index contributed by atoms with van der Waals surface area (Å²) in [6.07, 6.45) is 0.423. The number of quaternary nitrogens is 1. The van der Waals surface area contributed by atoms with Gasteiger partial charge in [-0.05, 0) is 28.5 Å². The predicted molar refractivity (Wildman–Crippen MR) is 102 cm³/mol. The molecule has 0 aromatic heterocycles. The molecule has 0 bridgehead atoms. The number of nitrogens with one attached hydrogen (secondary N) is 2. The molecule has 1 atom stereocenters. The average Bonchev–Trinajstić information content (AvgIpc) is 2.68. The van der Waals surface area contributed by atoms with Gasteiger partial charge < -0.3 is 16.4 Å². The highest BCUT2D eigenvalue weighted by atomic mass is 16.2. The van der Waals surface area contributed by atoms with E-state index in [1.165, 1.54) is 0 Å². The zero-order chi connectivity index (χ0) is 18.4. The number of carbonyl (C=O) groups excluding carboxylic acids is 2. The van der Waals surface area contributed by atoms with Gasteiger partial charge in [0.05, 0.1) is 0 Å². The lowest BCUT2D eigenvalue weighted by molar-refractivity contribution is -0.355. The second-order valence-corrected chi connectivity index (χ2v) is 6.11. The van der Waals surface area contributed by atoms with Crippen LogP contribution in [-0.2, 0) is 16.0 Å². The fraction of sp³-hybridized carbons (Fsp3) is 0.143. The summed E-state index contributed by atoms with van der Waals surface area (Å²) in [5.41, 5.74) is 5.27. The van der Waals surface area contributed by atoms with E-state index in [4.69, 9.17) is 0 Å². The van der Waals surface area contributed by atoms with Crippen LogP contribution in [0.4, 0.5) is 5.69 Å². The molecule has 0 saturated carbocycles. The maximum Gasteiger partial charge on any atom is 0.275 e. The Hall–Kier alpha value is -3.18. The van der Waals surface area contributed by atoms with Gasteiger partial charge in [-0.15, -0.1) is 0 Å². The number of anilines is 1. The number of carbonyl (C=O) groups is 2. The van der Waals surface area contributed by atoms with Gasteiger partial charge in [0.15, 0.2) is 6.54 Å². The Balaban J connectivity index is 1.77. The zero-order valence-corrected chi connectivity index (χ0v) is 14.4. The summed E-state index contributed by atoms with van der Waals surface area (Å²) < 4.78 is 0. The molecule has 5 heteroatoms. The molecule has 132 valence electrons. The topological polar surface area (TPSA) is 85.8 Å². The van der Waals surface area contributed by atoms with E-state index in [2.05, 4.69) is 16.4 Å². The van der Waals surface area contributed by atoms with Crippen LogP contribution in [0.2, 0.25) is 0 Å². The van der Waals surface area contributed by atoms with E-state index in [1.54, 1.807) is 0 Å². The summed E-state index contributed by atoms with van der Waals surface area (Å²) in [7, 11) is 0. The molecule has 0 unspecified atom stereocenters. The van der Waals surface area contributed by atoms with Gasteiger partial charge in [-0.1, -0.05) is 60.7 Å². The number of hydrogen-bond acceptors (Lipinski definition) is 2. The average molecular weight is 348 g/mol. The van der Waals surface area contributed by atoms with Crippen molar-refractivity contribution in [3.8, 4) is 0 Å². The normalized spacial score (nSPS) is 11.7. The minimum Gasteiger partial charge on any atom is -0.350 e. The molecule has 26 heavy (non-hydrogen) atoms. The van der Waals surface area contributed by atoms with Gasteiger partial charge in [0.25, 0.3) is 5.91 Å². The van der Waals surface area contributed by atoms with E-state index in [-0.39, 0.29) is 18.4 Å². The molecule has 0 heterocycles. The Kier molecular flexibility index (Phi) is 5.61. The smallest absolute Gasteiger partial charge is 0.275 e. The zero-order valence-electron chi connectivity index (χ0n) is 14.4. The summed E-state index contributed by atoms with van der Waals surface area (Å²) in [4.78, 5) is 24.5. The Morgan fingerprint density at radius 3 is 2.31 bits per heavy atom. The SMILES string of the molecule is [NH3+]CC(=O)N[C@@H](Cc1ccccc1)C(=O)Nc1ccc2ccccc2c1. The molecule has 2 amide bonds. The second-order valence-electron chi connectivity index (χ2n) is 6.11. The predicted octanol–water partition coefficient (Wildman–Crippen LogP) is 1.75. The molecule has 0 radical (unpaired) electrons. The van der Waals surface area contributed by atoms with E-state index < -0.39 is 6.04 Å². The van der Waals surface area contributed by atoms with Crippen LogP contribution in [0.15, 0.2) is 72.8 Å². The van der Waals surface area contributed by atoms with Gasteiger partial charge >= 0.3 is 0 Å². The molecule has 5 N–H and O–H groups in total. The van der Waals surface area contributed by atoms with Crippen LogP contribution in [0.25, 0.3) is 10.8 Å². The third kappa shape index (κ3) is 4.46. The Bertz CT molecular complexity index is 909. The summed E-state index contributed by atoms with van der Waals surface area (Å²) in [6.45, 7) is 0.0918. The number of fused-ring (bicyclic) bond motifs is 1. The van der Waals surface area contributed by atoms with Crippen molar-refractivity contribution in [3.63, 3.8) is 0 Å². The van der Waals surface area contributed by atoms with Crippen molar-refractivity contribution < 1.29 is 15.3 Å². The van der Waals surface area contributed by atoms with Gasteiger partial charge in [0.2, 0.25) is 5.91 Å². The third-order valence-electron chi connectivity index (χ3n) is 4.18.